The summed E-state index contributed by atoms with van der Waals surface area (Å²) < 4.78 is 5.94. The van der Waals surface area contributed by atoms with Crippen molar-refractivity contribution in [2.24, 2.45) is 10.9 Å². The quantitative estimate of drug-likeness (QED) is 0.390. The third-order valence-electron chi connectivity index (χ3n) is 4.36. The van der Waals surface area contributed by atoms with Crippen molar-refractivity contribution >= 4 is 5.96 Å². The van der Waals surface area contributed by atoms with Gasteiger partial charge in [0.05, 0.1) is 6.10 Å². The lowest BCUT2D eigenvalue weighted by Crippen LogP contribution is -2.38. The molecule has 122 valence electrons. The van der Waals surface area contributed by atoms with Crippen LogP contribution in [0.15, 0.2) is 4.99 Å². The standard InChI is InChI=1S/C17H33N3O/c1-2-18-17(20-13-11-15-9-10-15)19-12-6-14-21-16-7-4-3-5-8-16/h15-16H,2-14H2,1H3,(H2,18,19,20). The van der Waals surface area contributed by atoms with E-state index in [9.17, 15) is 0 Å². The van der Waals surface area contributed by atoms with Gasteiger partial charge in [-0.3, -0.25) is 4.99 Å². The summed E-state index contributed by atoms with van der Waals surface area (Å²) in [5.74, 6) is 1.94. The van der Waals surface area contributed by atoms with Crippen molar-refractivity contribution in [3.63, 3.8) is 0 Å². The van der Waals surface area contributed by atoms with Gasteiger partial charge in [0.25, 0.3) is 0 Å². The van der Waals surface area contributed by atoms with Crippen LogP contribution in [0.5, 0.6) is 0 Å². The lowest BCUT2D eigenvalue weighted by molar-refractivity contribution is 0.0281. The van der Waals surface area contributed by atoms with E-state index in [1.807, 2.05) is 0 Å². The molecule has 0 radical (unpaired) electrons. The Bertz CT molecular complexity index is 296. The predicted octanol–water partition coefficient (Wildman–Crippen LogP) is 3.08. The smallest absolute Gasteiger partial charge is 0.191 e. The van der Waals surface area contributed by atoms with Crippen molar-refractivity contribution in [3.05, 3.63) is 0 Å². The van der Waals surface area contributed by atoms with E-state index in [0.717, 1.165) is 44.5 Å². The topological polar surface area (TPSA) is 45.7 Å². The van der Waals surface area contributed by atoms with Crippen LogP contribution in [-0.2, 0) is 4.74 Å². The monoisotopic (exact) mass is 295 g/mol. The minimum Gasteiger partial charge on any atom is -0.378 e. The van der Waals surface area contributed by atoms with Crippen LogP contribution in [0.25, 0.3) is 0 Å². The average molecular weight is 295 g/mol. The van der Waals surface area contributed by atoms with Gasteiger partial charge in [-0.1, -0.05) is 32.1 Å². The Labute approximate surface area is 130 Å². The first kappa shape index (κ1) is 16.6. The molecule has 2 aliphatic carbocycles. The SMILES string of the molecule is CCNC(=NCCCOC1CCCCC1)NCCC1CC1. The summed E-state index contributed by atoms with van der Waals surface area (Å²) in [6, 6.07) is 0. The fraction of sp³-hybridized carbons (Fsp3) is 0.941. The van der Waals surface area contributed by atoms with E-state index >= 15 is 0 Å². The second kappa shape index (κ2) is 10.0. The molecular weight excluding hydrogens is 262 g/mol. The average Bonchev–Trinajstić information content (AvgIpc) is 3.32. The van der Waals surface area contributed by atoms with Crippen LogP contribution in [0.4, 0.5) is 0 Å². The molecule has 0 amide bonds. The molecule has 0 aliphatic heterocycles. The van der Waals surface area contributed by atoms with Gasteiger partial charge in [-0.25, -0.2) is 0 Å². The van der Waals surface area contributed by atoms with Crippen molar-refractivity contribution in [3.8, 4) is 0 Å². The second-order valence-electron chi connectivity index (χ2n) is 6.40. The summed E-state index contributed by atoms with van der Waals surface area (Å²) in [5, 5.41) is 6.75. The molecule has 2 rings (SSSR count). The second-order valence-corrected chi connectivity index (χ2v) is 6.40. The Morgan fingerprint density at radius 1 is 1.10 bits per heavy atom. The summed E-state index contributed by atoms with van der Waals surface area (Å²) in [5.41, 5.74) is 0. The van der Waals surface area contributed by atoms with Gasteiger partial charge in [0, 0.05) is 26.2 Å². The van der Waals surface area contributed by atoms with Gasteiger partial charge in [0.1, 0.15) is 0 Å². The molecule has 0 spiro atoms. The number of guanidine groups is 1. The zero-order chi connectivity index (χ0) is 14.8. The van der Waals surface area contributed by atoms with E-state index in [-0.39, 0.29) is 0 Å². The van der Waals surface area contributed by atoms with Gasteiger partial charge in [-0.2, -0.15) is 0 Å². The van der Waals surface area contributed by atoms with Gasteiger partial charge in [0.2, 0.25) is 0 Å². The Morgan fingerprint density at radius 2 is 1.90 bits per heavy atom. The number of ether oxygens (including phenoxy) is 1. The Balaban J connectivity index is 1.52. The lowest BCUT2D eigenvalue weighted by atomic mass is 9.98. The highest BCUT2D eigenvalue weighted by atomic mass is 16.5. The Hall–Kier alpha value is -0.770. The van der Waals surface area contributed by atoms with Gasteiger partial charge < -0.3 is 15.4 Å². The van der Waals surface area contributed by atoms with Gasteiger partial charge in [0.15, 0.2) is 5.96 Å². The molecule has 2 N–H and O–H groups in total. The fourth-order valence-electron chi connectivity index (χ4n) is 2.88. The summed E-state index contributed by atoms with van der Waals surface area (Å²) in [7, 11) is 0. The third kappa shape index (κ3) is 7.70. The zero-order valence-electron chi connectivity index (χ0n) is 13.7. The summed E-state index contributed by atoms with van der Waals surface area (Å²) in [6.07, 6.45) is 12.3. The maximum absolute atomic E-state index is 5.94. The summed E-state index contributed by atoms with van der Waals surface area (Å²) >= 11 is 0. The number of hydrogen-bond donors (Lipinski definition) is 2. The largest absolute Gasteiger partial charge is 0.378 e. The molecule has 0 aromatic heterocycles. The molecule has 2 saturated carbocycles. The Kier molecular flexibility index (Phi) is 7.94. The highest BCUT2D eigenvalue weighted by Gasteiger charge is 2.20. The van der Waals surface area contributed by atoms with E-state index < -0.39 is 0 Å². The number of nitrogens with zero attached hydrogens (tertiary/aromatic N) is 1. The van der Waals surface area contributed by atoms with E-state index in [2.05, 4.69) is 22.5 Å². The maximum atomic E-state index is 5.94. The molecule has 2 aliphatic rings. The first-order valence-electron chi connectivity index (χ1n) is 9.02. The molecule has 0 heterocycles. The van der Waals surface area contributed by atoms with E-state index in [1.54, 1.807) is 0 Å². The molecule has 0 unspecified atom stereocenters. The van der Waals surface area contributed by atoms with Crippen molar-refractivity contribution in [2.75, 3.05) is 26.2 Å². The minimum absolute atomic E-state index is 0.521. The van der Waals surface area contributed by atoms with Crippen LogP contribution in [-0.4, -0.2) is 38.3 Å². The van der Waals surface area contributed by atoms with Gasteiger partial charge in [-0.15, -0.1) is 0 Å². The molecule has 4 heteroatoms. The molecule has 0 aromatic rings. The third-order valence-corrected chi connectivity index (χ3v) is 4.36. The first-order chi connectivity index (χ1) is 10.4. The van der Waals surface area contributed by atoms with Gasteiger partial charge >= 0.3 is 0 Å². The molecule has 4 nitrogen and oxygen atoms in total. The molecular formula is C17H33N3O. The molecule has 21 heavy (non-hydrogen) atoms. The van der Waals surface area contributed by atoms with Crippen molar-refractivity contribution in [1.82, 2.24) is 10.6 Å². The van der Waals surface area contributed by atoms with Crippen LogP contribution in [0.1, 0.15) is 64.7 Å². The molecule has 0 saturated heterocycles. The number of rotatable bonds is 9. The minimum atomic E-state index is 0.521. The lowest BCUT2D eigenvalue weighted by Gasteiger charge is -2.21. The predicted molar refractivity (Wildman–Crippen MR) is 88.8 cm³/mol. The van der Waals surface area contributed by atoms with E-state index in [0.29, 0.717) is 6.10 Å². The van der Waals surface area contributed by atoms with Crippen LogP contribution >= 0.6 is 0 Å². The van der Waals surface area contributed by atoms with Crippen LogP contribution in [0, 0.1) is 5.92 Å². The number of hydrogen-bond acceptors (Lipinski definition) is 2. The summed E-state index contributed by atoms with van der Waals surface area (Å²) in [4.78, 5) is 4.63. The van der Waals surface area contributed by atoms with E-state index in [4.69, 9.17) is 4.74 Å². The van der Waals surface area contributed by atoms with Crippen LogP contribution in [0.2, 0.25) is 0 Å². The molecule has 0 aromatic carbocycles. The van der Waals surface area contributed by atoms with Crippen LogP contribution in [0.3, 0.4) is 0 Å². The fourth-order valence-corrected chi connectivity index (χ4v) is 2.88. The normalized spacial score (nSPS) is 20.5. The van der Waals surface area contributed by atoms with E-state index in [1.165, 1.54) is 51.4 Å². The molecule has 0 atom stereocenters. The molecule has 0 bridgehead atoms. The Morgan fingerprint density at radius 3 is 2.62 bits per heavy atom. The van der Waals surface area contributed by atoms with Crippen molar-refractivity contribution < 1.29 is 4.74 Å². The molecule has 2 fully saturated rings. The maximum Gasteiger partial charge on any atom is 0.191 e. The van der Waals surface area contributed by atoms with Crippen molar-refractivity contribution in [2.45, 2.75) is 70.8 Å². The number of aliphatic imine (C=N–C) groups is 1. The summed E-state index contributed by atoms with van der Waals surface area (Å²) in [6.45, 7) is 5.80. The highest BCUT2D eigenvalue weighted by molar-refractivity contribution is 5.79. The van der Waals surface area contributed by atoms with Gasteiger partial charge in [-0.05, 0) is 38.5 Å². The van der Waals surface area contributed by atoms with Crippen LogP contribution < -0.4 is 10.6 Å². The highest BCUT2D eigenvalue weighted by Crippen LogP contribution is 2.31. The van der Waals surface area contributed by atoms with Crippen molar-refractivity contribution in [1.29, 1.82) is 0 Å². The first-order valence-corrected chi connectivity index (χ1v) is 9.02. The zero-order valence-corrected chi connectivity index (χ0v) is 13.7. The number of nitrogens with one attached hydrogen (secondary N) is 2.